The molecule has 0 N–H and O–H groups in total. The molecule has 3 heteroatoms. The summed E-state index contributed by atoms with van der Waals surface area (Å²) in [5, 5.41) is 7.77. The highest BCUT2D eigenvalue weighted by Gasteiger charge is 2.17. The Morgan fingerprint density at radius 2 is 0.918 bits per heavy atom. The second kappa shape index (κ2) is 11.5. The molecule has 0 radical (unpaired) electrons. The molecule has 0 amide bonds. The van der Waals surface area contributed by atoms with Gasteiger partial charge < -0.3 is 4.90 Å². The van der Waals surface area contributed by atoms with Crippen molar-refractivity contribution in [2.45, 2.75) is 0 Å². The van der Waals surface area contributed by atoms with E-state index in [2.05, 4.69) is 181 Å². The van der Waals surface area contributed by atoms with Gasteiger partial charge in [-0.25, -0.2) is 0 Å². The predicted molar refractivity (Wildman–Crippen MR) is 215 cm³/mol. The minimum atomic E-state index is 1.13. The van der Waals surface area contributed by atoms with Crippen molar-refractivity contribution in [1.29, 1.82) is 0 Å². The van der Waals surface area contributed by atoms with Crippen LogP contribution in [0.4, 0.5) is 17.1 Å². The van der Waals surface area contributed by atoms with Crippen molar-refractivity contribution < 1.29 is 0 Å². The molecule has 0 spiro atoms. The Labute approximate surface area is 292 Å². The molecule has 1 nitrogen and oxygen atoms in total. The van der Waals surface area contributed by atoms with Crippen LogP contribution < -0.4 is 4.90 Å². The van der Waals surface area contributed by atoms with E-state index in [0.29, 0.717) is 0 Å². The van der Waals surface area contributed by atoms with Gasteiger partial charge in [0.1, 0.15) is 0 Å². The fourth-order valence-corrected chi connectivity index (χ4v) is 9.68. The first-order chi connectivity index (χ1) is 24.3. The van der Waals surface area contributed by atoms with Crippen LogP contribution in [-0.2, 0) is 0 Å². The van der Waals surface area contributed by atoms with Gasteiger partial charge in [-0.1, -0.05) is 121 Å². The normalized spacial score (nSPS) is 11.7. The first-order valence-electron chi connectivity index (χ1n) is 16.6. The number of fused-ring (bicyclic) bond motifs is 7. The van der Waals surface area contributed by atoms with Crippen molar-refractivity contribution >= 4 is 90.9 Å². The predicted octanol–water partition coefficient (Wildman–Crippen LogP) is 14.4. The van der Waals surface area contributed by atoms with Gasteiger partial charge >= 0.3 is 0 Å². The second-order valence-electron chi connectivity index (χ2n) is 12.5. The number of hydrogen-bond acceptors (Lipinski definition) is 3. The molecule has 10 rings (SSSR count). The minimum absolute atomic E-state index is 1.13. The highest BCUT2D eigenvalue weighted by atomic mass is 32.1. The van der Waals surface area contributed by atoms with Crippen LogP contribution in [0.3, 0.4) is 0 Å². The summed E-state index contributed by atoms with van der Waals surface area (Å²) in [5.74, 6) is 0. The molecule has 0 unspecified atom stereocenters. The monoisotopic (exact) mass is 659 g/mol. The number of hydrogen-bond donors (Lipinski definition) is 0. The van der Waals surface area contributed by atoms with E-state index in [9.17, 15) is 0 Å². The van der Waals surface area contributed by atoms with Crippen LogP contribution in [0.25, 0.3) is 73.4 Å². The molecule has 2 aromatic heterocycles. The lowest BCUT2D eigenvalue weighted by molar-refractivity contribution is 1.29. The van der Waals surface area contributed by atoms with Crippen LogP contribution in [0, 0.1) is 0 Å². The summed E-state index contributed by atoms with van der Waals surface area (Å²) in [6.45, 7) is 0. The fraction of sp³-hybridized carbons (Fsp3) is 0. The van der Waals surface area contributed by atoms with Gasteiger partial charge in [0.2, 0.25) is 0 Å². The first-order valence-corrected chi connectivity index (χ1v) is 18.2. The SMILES string of the molecule is c1cc(-c2cccc3ccccc23)cc(N(c2ccc(-c3cccc4c3sc3ccccc34)cc2)c2ccc3sc4ccccc4c3c2)c1. The van der Waals surface area contributed by atoms with Crippen LogP contribution in [0.1, 0.15) is 0 Å². The molecule has 0 aliphatic heterocycles. The summed E-state index contributed by atoms with van der Waals surface area (Å²) in [6, 6.07) is 64.4. The lowest BCUT2D eigenvalue weighted by Gasteiger charge is -2.26. The average molecular weight is 660 g/mol. The summed E-state index contributed by atoms with van der Waals surface area (Å²) in [5.41, 5.74) is 8.35. The second-order valence-corrected chi connectivity index (χ2v) is 14.7. The highest BCUT2D eigenvalue weighted by Crippen LogP contribution is 2.44. The summed E-state index contributed by atoms with van der Waals surface area (Å²) in [7, 11) is 0. The molecule has 0 fully saturated rings. The Balaban J connectivity index is 1.14. The molecule has 0 bridgehead atoms. The largest absolute Gasteiger partial charge is 0.310 e. The van der Waals surface area contributed by atoms with Gasteiger partial charge in [-0.05, 0) is 87.6 Å². The molecule has 0 atom stereocenters. The third-order valence-electron chi connectivity index (χ3n) is 9.66. The maximum atomic E-state index is 2.41. The maximum Gasteiger partial charge on any atom is 0.0468 e. The van der Waals surface area contributed by atoms with Gasteiger partial charge in [0, 0.05) is 57.4 Å². The molecule has 8 aromatic carbocycles. The zero-order chi connectivity index (χ0) is 32.3. The van der Waals surface area contributed by atoms with Crippen LogP contribution >= 0.6 is 22.7 Å². The van der Waals surface area contributed by atoms with Crippen molar-refractivity contribution in [3.8, 4) is 22.3 Å². The molecule has 0 aliphatic rings. The lowest BCUT2D eigenvalue weighted by Crippen LogP contribution is -2.10. The van der Waals surface area contributed by atoms with Crippen molar-refractivity contribution in [2.75, 3.05) is 4.90 Å². The van der Waals surface area contributed by atoms with Crippen LogP contribution in [0.2, 0.25) is 0 Å². The standard InChI is InChI=1S/C46H29NS2/c1-2-14-36-30(10-1)11-8-17-37(36)32-12-7-13-34(28-32)47(35-26-27-45-42(29-35)40-16-4-5-20-43(40)48-45)33-24-22-31(23-25-33)38-18-9-19-41-39-15-3-6-21-44(39)49-46(38)41/h1-29H. The fourth-order valence-electron chi connectivity index (χ4n) is 7.35. The third-order valence-corrected chi connectivity index (χ3v) is 12.0. The van der Waals surface area contributed by atoms with Crippen molar-refractivity contribution in [3.05, 3.63) is 176 Å². The van der Waals surface area contributed by atoms with E-state index < -0.39 is 0 Å². The molecule has 0 saturated heterocycles. The number of rotatable bonds is 5. The first kappa shape index (κ1) is 28.3. The summed E-state index contributed by atoms with van der Waals surface area (Å²) >= 11 is 3.74. The Morgan fingerprint density at radius 1 is 0.327 bits per heavy atom. The quantitative estimate of drug-likeness (QED) is 0.178. The summed E-state index contributed by atoms with van der Waals surface area (Å²) in [6.07, 6.45) is 0. The van der Waals surface area contributed by atoms with Crippen molar-refractivity contribution in [1.82, 2.24) is 0 Å². The van der Waals surface area contributed by atoms with E-state index >= 15 is 0 Å². The molecule has 0 saturated carbocycles. The van der Waals surface area contributed by atoms with Gasteiger partial charge in [-0.2, -0.15) is 0 Å². The molecule has 49 heavy (non-hydrogen) atoms. The van der Waals surface area contributed by atoms with E-state index in [-0.39, 0.29) is 0 Å². The van der Waals surface area contributed by atoms with Gasteiger partial charge in [0.05, 0.1) is 0 Å². The van der Waals surface area contributed by atoms with Gasteiger partial charge in [-0.3, -0.25) is 0 Å². The topological polar surface area (TPSA) is 3.24 Å². The minimum Gasteiger partial charge on any atom is -0.310 e. The van der Waals surface area contributed by atoms with Crippen LogP contribution in [0.15, 0.2) is 176 Å². The van der Waals surface area contributed by atoms with Gasteiger partial charge in [0.15, 0.2) is 0 Å². The Morgan fingerprint density at radius 3 is 1.78 bits per heavy atom. The zero-order valence-electron chi connectivity index (χ0n) is 26.5. The third kappa shape index (κ3) is 4.74. The van der Waals surface area contributed by atoms with Crippen molar-refractivity contribution in [3.63, 3.8) is 0 Å². The van der Waals surface area contributed by atoms with E-state index in [0.717, 1.165) is 17.1 Å². The Hall–Kier alpha value is -5.74. The van der Waals surface area contributed by atoms with E-state index in [1.807, 2.05) is 22.7 Å². The smallest absolute Gasteiger partial charge is 0.0468 e. The van der Waals surface area contributed by atoms with Gasteiger partial charge in [0.25, 0.3) is 0 Å². The molecule has 230 valence electrons. The van der Waals surface area contributed by atoms with Crippen LogP contribution in [0.5, 0.6) is 0 Å². The number of benzene rings is 8. The molecular formula is C46H29NS2. The number of anilines is 3. The van der Waals surface area contributed by atoms with Gasteiger partial charge in [-0.15, -0.1) is 22.7 Å². The maximum absolute atomic E-state index is 2.41. The summed E-state index contributed by atoms with van der Waals surface area (Å²) in [4.78, 5) is 2.41. The lowest BCUT2D eigenvalue weighted by atomic mass is 9.97. The summed E-state index contributed by atoms with van der Waals surface area (Å²) < 4.78 is 5.29. The molecule has 0 aliphatic carbocycles. The zero-order valence-corrected chi connectivity index (χ0v) is 28.1. The van der Waals surface area contributed by atoms with Crippen molar-refractivity contribution in [2.24, 2.45) is 0 Å². The number of nitrogens with zero attached hydrogens (tertiary/aromatic N) is 1. The van der Waals surface area contributed by atoms with E-state index in [1.54, 1.807) is 0 Å². The van der Waals surface area contributed by atoms with E-state index in [1.165, 1.54) is 73.4 Å². The highest BCUT2D eigenvalue weighted by molar-refractivity contribution is 7.26. The van der Waals surface area contributed by atoms with E-state index in [4.69, 9.17) is 0 Å². The molecule has 2 heterocycles. The van der Waals surface area contributed by atoms with Crippen LogP contribution in [-0.4, -0.2) is 0 Å². The molecule has 10 aromatic rings. The Bertz CT molecular complexity index is 2830. The average Bonchev–Trinajstić information content (AvgIpc) is 3.74. The number of thiophene rings is 2. The molecular weight excluding hydrogens is 631 g/mol. The Kier molecular flexibility index (Phi) is 6.61.